The highest BCUT2D eigenvalue weighted by Gasteiger charge is 2.16. The molecule has 6 nitrogen and oxygen atoms in total. The normalized spacial score (nSPS) is 13.7. The predicted molar refractivity (Wildman–Crippen MR) is 110 cm³/mol. The van der Waals surface area contributed by atoms with Crippen molar-refractivity contribution in [1.29, 1.82) is 0 Å². The van der Waals surface area contributed by atoms with Gasteiger partial charge in [0.2, 0.25) is 0 Å². The van der Waals surface area contributed by atoms with E-state index in [0.717, 1.165) is 5.56 Å². The first-order chi connectivity index (χ1) is 14.1. The van der Waals surface area contributed by atoms with Crippen molar-refractivity contribution in [3.05, 3.63) is 60.4 Å². The Morgan fingerprint density at radius 2 is 2.03 bits per heavy atom. The Kier molecular flexibility index (Phi) is 7.08. The third-order valence-corrected chi connectivity index (χ3v) is 4.55. The lowest BCUT2D eigenvalue weighted by Crippen LogP contribution is -2.36. The highest BCUT2D eigenvalue weighted by atomic mass is 19.1. The molecule has 0 aromatic heterocycles. The molecule has 1 aliphatic heterocycles. The summed E-state index contributed by atoms with van der Waals surface area (Å²) in [7, 11) is 1.54. The van der Waals surface area contributed by atoms with Gasteiger partial charge in [-0.1, -0.05) is 12.1 Å². The summed E-state index contributed by atoms with van der Waals surface area (Å²) in [5.41, 5.74) is 1.91. The first-order valence-corrected chi connectivity index (χ1v) is 9.43. The highest BCUT2D eigenvalue weighted by molar-refractivity contribution is 5.92. The smallest absolute Gasteiger partial charge is 0.262 e. The molecular formula is C22H25FN2O4. The van der Waals surface area contributed by atoms with E-state index in [0.29, 0.717) is 55.6 Å². The van der Waals surface area contributed by atoms with Gasteiger partial charge in [0.1, 0.15) is 5.82 Å². The summed E-state index contributed by atoms with van der Waals surface area (Å²) in [6, 6.07) is 10.1. The van der Waals surface area contributed by atoms with E-state index in [9.17, 15) is 9.18 Å². The lowest BCUT2D eigenvalue weighted by molar-refractivity contribution is -0.118. The summed E-state index contributed by atoms with van der Waals surface area (Å²) in [6.45, 7) is 5.93. The van der Waals surface area contributed by atoms with Crippen molar-refractivity contribution in [2.24, 2.45) is 0 Å². The molecule has 0 saturated carbocycles. The zero-order chi connectivity index (χ0) is 20.6. The number of halogens is 1. The van der Waals surface area contributed by atoms with Crippen LogP contribution in [0, 0.1) is 5.82 Å². The Labute approximate surface area is 169 Å². The van der Waals surface area contributed by atoms with Crippen LogP contribution in [0.25, 0.3) is 0 Å². The number of amides is 1. The van der Waals surface area contributed by atoms with Crippen LogP contribution < -0.4 is 19.7 Å². The Hall–Kier alpha value is -3.06. The van der Waals surface area contributed by atoms with Crippen molar-refractivity contribution >= 4 is 17.3 Å². The van der Waals surface area contributed by atoms with Crippen LogP contribution in [0.2, 0.25) is 0 Å². The molecule has 0 radical (unpaired) electrons. The summed E-state index contributed by atoms with van der Waals surface area (Å²) < 4.78 is 30.6. The lowest BCUT2D eigenvalue weighted by Gasteiger charge is -2.29. The molecule has 0 unspecified atom stereocenters. The van der Waals surface area contributed by atoms with Crippen LogP contribution >= 0.6 is 0 Å². The summed E-state index contributed by atoms with van der Waals surface area (Å²) in [5.74, 6) is 0.230. The van der Waals surface area contributed by atoms with Gasteiger partial charge in [-0.2, -0.15) is 0 Å². The molecule has 1 heterocycles. The van der Waals surface area contributed by atoms with Gasteiger partial charge in [0, 0.05) is 18.8 Å². The molecule has 1 saturated heterocycles. The maximum Gasteiger partial charge on any atom is 0.262 e. The van der Waals surface area contributed by atoms with Crippen LogP contribution in [0.1, 0.15) is 5.56 Å². The van der Waals surface area contributed by atoms with Crippen molar-refractivity contribution in [1.82, 2.24) is 0 Å². The molecule has 29 heavy (non-hydrogen) atoms. The number of allylic oxidation sites excluding steroid dienone is 1. The standard InChI is InChI=1S/C22H25FN2O4/c1-3-4-16-5-8-20(21(13-16)27-2)29-15-22(26)24-17-6-7-19(18(23)14-17)25-9-11-28-12-10-25/h3,5-8,13-14H,1,4,9-12,15H2,2H3,(H,24,26). The largest absolute Gasteiger partial charge is 0.493 e. The summed E-state index contributed by atoms with van der Waals surface area (Å²) in [5, 5.41) is 2.65. The van der Waals surface area contributed by atoms with E-state index in [1.54, 1.807) is 31.4 Å². The Balaban J connectivity index is 1.58. The van der Waals surface area contributed by atoms with E-state index >= 15 is 0 Å². The lowest BCUT2D eigenvalue weighted by atomic mass is 10.1. The van der Waals surface area contributed by atoms with Crippen LogP contribution in [0.3, 0.4) is 0 Å². The number of anilines is 2. The molecule has 154 valence electrons. The summed E-state index contributed by atoms with van der Waals surface area (Å²) in [4.78, 5) is 14.1. The van der Waals surface area contributed by atoms with Crippen LogP contribution in [0.4, 0.5) is 15.8 Å². The molecule has 1 fully saturated rings. The average molecular weight is 400 g/mol. The number of methoxy groups -OCH3 is 1. The van der Waals surface area contributed by atoms with Crippen molar-refractivity contribution in [2.45, 2.75) is 6.42 Å². The molecule has 1 N–H and O–H groups in total. The second-order valence-corrected chi connectivity index (χ2v) is 6.58. The zero-order valence-electron chi connectivity index (χ0n) is 16.4. The van der Waals surface area contributed by atoms with Crippen molar-refractivity contribution in [3.8, 4) is 11.5 Å². The van der Waals surface area contributed by atoms with Crippen molar-refractivity contribution in [3.63, 3.8) is 0 Å². The highest BCUT2D eigenvalue weighted by Crippen LogP contribution is 2.28. The van der Waals surface area contributed by atoms with Gasteiger partial charge >= 0.3 is 0 Å². The maximum atomic E-state index is 14.4. The number of rotatable bonds is 8. The van der Waals surface area contributed by atoms with Crippen LogP contribution in [0.15, 0.2) is 49.1 Å². The first-order valence-electron chi connectivity index (χ1n) is 9.43. The molecule has 3 rings (SSSR count). The van der Waals surface area contributed by atoms with Crippen molar-refractivity contribution < 1.29 is 23.4 Å². The SMILES string of the molecule is C=CCc1ccc(OCC(=O)Nc2ccc(N3CCOCC3)c(F)c2)c(OC)c1. The minimum absolute atomic E-state index is 0.218. The number of morpholine rings is 1. The quantitative estimate of drug-likeness (QED) is 0.688. The molecule has 0 atom stereocenters. The fourth-order valence-electron chi connectivity index (χ4n) is 3.11. The molecule has 2 aromatic rings. The maximum absolute atomic E-state index is 14.4. The third-order valence-electron chi connectivity index (χ3n) is 4.55. The van der Waals surface area contributed by atoms with Crippen LogP contribution in [-0.4, -0.2) is 45.9 Å². The Morgan fingerprint density at radius 3 is 2.72 bits per heavy atom. The second kappa shape index (κ2) is 9.93. The summed E-state index contributed by atoms with van der Waals surface area (Å²) >= 11 is 0. The molecule has 0 spiro atoms. The van der Waals surface area contributed by atoms with E-state index in [1.807, 2.05) is 17.0 Å². The predicted octanol–water partition coefficient (Wildman–Crippen LogP) is 3.42. The van der Waals surface area contributed by atoms with E-state index < -0.39 is 0 Å². The van der Waals surface area contributed by atoms with Gasteiger partial charge in [-0.05, 0) is 42.3 Å². The molecule has 2 aromatic carbocycles. The topological polar surface area (TPSA) is 60.0 Å². The van der Waals surface area contributed by atoms with Gasteiger partial charge < -0.3 is 24.4 Å². The van der Waals surface area contributed by atoms with Crippen LogP contribution in [-0.2, 0) is 16.0 Å². The first kappa shape index (κ1) is 20.7. The van der Waals surface area contributed by atoms with Crippen molar-refractivity contribution in [2.75, 3.05) is 50.2 Å². The van der Waals surface area contributed by atoms with Gasteiger partial charge in [-0.3, -0.25) is 4.79 Å². The number of hydrogen-bond donors (Lipinski definition) is 1. The molecule has 1 aliphatic rings. The minimum Gasteiger partial charge on any atom is -0.493 e. The number of carbonyl (C=O) groups is 1. The van der Waals surface area contributed by atoms with Gasteiger partial charge in [0.25, 0.3) is 5.91 Å². The number of benzene rings is 2. The second-order valence-electron chi connectivity index (χ2n) is 6.58. The van der Waals surface area contributed by atoms with Crippen LogP contribution in [0.5, 0.6) is 11.5 Å². The minimum atomic E-state index is -0.388. The molecule has 0 bridgehead atoms. The number of nitrogens with zero attached hydrogens (tertiary/aromatic N) is 1. The van der Waals surface area contributed by atoms with Gasteiger partial charge in [0.15, 0.2) is 18.1 Å². The summed E-state index contributed by atoms with van der Waals surface area (Å²) in [6.07, 6.45) is 2.51. The van der Waals surface area contributed by atoms with E-state index in [-0.39, 0.29) is 18.3 Å². The van der Waals surface area contributed by atoms with E-state index in [2.05, 4.69) is 11.9 Å². The van der Waals surface area contributed by atoms with Gasteiger partial charge in [0.05, 0.1) is 26.0 Å². The molecule has 1 amide bonds. The Morgan fingerprint density at radius 1 is 1.24 bits per heavy atom. The van der Waals surface area contributed by atoms with E-state index in [4.69, 9.17) is 14.2 Å². The molecule has 7 heteroatoms. The number of nitrogens with one attached hydrogen (secondary N) is 1. The van der Waals surface area contributed by atoms with E-state index in [1.165, 1.54) is 6.07 Å². The molecule has 0 aliphatic carbocycles. The van der Waals surface area contributed by atoms with Gasteiger partial charge in [-0.15, -0.1) is 6.58 Å². The fraction of sp³-hybridized carbons (Fsp3) is 0.318. The Bertz CT molecular complexity index is 866. The number of hydrogen-bond acceptors (Lipinski definition) is 5. The number of ether oxygens (including phenoxy) is 3. The third kappa shape index (κ3) is 5.48. The fourth-order valence-corrected chi connectivity index (χ4v) is 3.11. The molecular weight excluding hydrogens is 375 g/mol. The zero-order valence-corrected chi connectivity index (χ0v) is 16.4. The monoisotopic (exact) mass is 400 g/mol. The number of carbonyl (C=O) groups excluding carboxylic acids is 1. The average Bonchev–Trinajstić information content (AvgIpc) is 2.73. The van der Waals surface area contributed by atoms with Gasteiger partial charge in [-0.25, -0.2) is 4.39 Å².